The average molecular weight is 274 g/mol. The number of halogens is 3. The first-order chi connectivity index (χ1) is 8.87. The van der Waals surface area contributed by atoms with Gasteiger partial charge in [0.25, 0.3) is 0 Å². The van der Waals surface area contributed by atoms with Crippen LogP contribution < -0.4 is 15.8 Å². The van der Waals surface area contributed by atoms with Crippen LogP contribution in [0, 0.1) is 0 Å². The maximum Gasteiger partial charge on any atom is 0.573 e. The van der Waals surface area contributed by atoms with Gasteiger partial charge in [-0.1, -0.05) is 0 Å². The molecule has 1 aromatic carbocycles. The van der Waals surface area contributed by atoms with Crippen molar-refractivity contribution < 1.29 is 22.7 Å². The molecule has 0 aliphatic carbocycles. The Morgan fingerprint density at radius 2 is 2.21 bits per heavy atom. The molecule has 1 amide bonds. The smallest absolute Gasteiger partial charge is 0.406 e. The molecule has 2 aromatic rings. The standard InChI is InChI=1S/C10H9F3N4O2/c11-10(12,13)19-5-1-2-6-7(3-5)16-9(15-6)17-8(18)4-14/h1-3H,4,14H2,(H2,15,16,17,18). The molecular formula is C10H9F3N4O2. The molecule has 4 N–H and O–H groups in total. The summed E-state index contributed by atoms with van der Waals surface area (Å²) in [5.41, 5.74) is 5.80. The summed E-state index contributed by atoms with van der Waals surface area (Å²) in [6.07, 6.45) is -4.76. The largest absolute Gasteiger partial charge is 0.573 e. The molecule has 0 saturated heterocycles. The van der Waals surface area contributed by atoms with Crippen LogP contribution in [0.2, 0.25) is 0 Å². The van der Waals surface area contributed by atoms with Crippen LogP contribution in [0.3, 0.4) is 0 Å². The van der Waals surface area contributed by atoms with Crippen LogP contribution in [0.5, 0.6) is 5.75 Å². The molecule has 0 atom stereocenters. The van der Waals surface area contributed by atoms with E-state index in [4.69, 9.17) is 5.73 Å². The number of nitrogens with two attached hydrogens (primary N) is 1. The molecule has 0 spiro atoms. The van der Waals surface area contributed by atoms with Crippen molar-refractivity contribution in [1.29, 1.82) is 0 Å². The third-order valence-corrected chi connectivity index (χ3v) is 2.13. The van der Waals surface area contributed by atoms with Gasteiger partial charge in [-0.2, -0.15) is 0 Å². The van der Waals surface area contributed by atoms with Gasteiger partial charge in [-0.05, 0) is 12.1 Å². The van der Waals surface area contributed by atoms with Crippen molar-refractivity contribution in [2.24, 2.45) is 5.73 Å². The molecule has 0 aliphatic rings. The fourth-order valence-corrected chi connectivity index (χ4v) is 1.43. The average Bonchev–Trinajstić information content (AvgIpc) is 2.68. The number of hydrogen-bond donors (Lipinski definition) is 3. The van der Waals surface area contributed by atoms with Gasteiger partial charge in [0.05, 0.1) is 17.6 Å². The van der Waals surface area contributed by atoms with Crippen LogP contribution in [0.25, 0.3) is 11.0 Å². The third-order valence-electron chi connectivity index (χ3n) is 2.13. The highest BCUT2D eigenvalue weighted by molar-refractivity contribution is 5.92. The van der Waals surface area contributed by atoms with Gasteiger partial charge in [0.1, 0.15) is 5.75 Å². The van der Waals surface area contributed by atoms with Gasteiger partial charge in [0, 0.05) is 6.07 Å². The first kappa shape index (κ1) is 13.1. The lowest BCUT2D eigenvalue weighted by Gasteiger charge is -2.07. The summed E-state index contributed by atoms with van der Waals surface area (Å²) < 4.78 is 39.9. The summed E-state index contributed by atoms with van der Waals surface area (Å²) in [4.78, 5) is 17.6. The number of hydrogen-bond acceptors (Lipinski definition) is 4. The minimum Gasteiger partial charge on any atom is -0.406 e. The number of aromatic amines is 1. The molecule has 6 nitrogen and oxygen atoms in total. The van der Waals surface area contributed by atoms with E-state index in [1.165, 1.54) is 6.07 Å². The lowest BCUT2D eigenvalue weighted by atomic mass is 10.3. The van der Waals surface area contributed by atoms with Crippen molar-refractivity contribution in [3.63, 3.8) is 0 Å². The first-order valence-corrected chi connectivity index (χ1v) is 5.13. The van der Waals surface area contributed by atoms with Gasteiger partial charge < -0.3 is 15.5 Å². The second-order valence-corrected chi connectivity index (χ2v) is 3.56. The summed E-state index contributed by atoms with van der Waals surface area (Å²) in [5.74, 6) is -0.735. The Hall–Kier alpha value is -2.29. The third kappa shape index (κ3) is 3.35. The molecule has 1 heterocycles. The maximum atomic E-state index is 12.0. The van der Waals surface area contributed by atoms with E-state index < -0.39 is 12.3 Å². The van der Waals surface area contributed by atoms with Gasteiger partial charge in [-0.3, -0.25) is 10.1 Å². The normalized spacial score (nSPS) is 11.6. The summed E-state index contributed by atoms with van der Waals surface area (Å²) in [6, 6.07) is 3.60. The van der Waals surface area contributed by atoms with E-state index in [-0.39, 0.29) is 18.2 Å². The van der Waals surface area contributed by atoms with E-state index in [2.05, 4.69) is 20.0 Å². The zero-order valence-electron chi connectivity index (χ0n) is 9.41. The van der Waals surface area contributed by atoms with Crippen LogP contribution in [0.4, 0.5) is 19.1 Å². The molecule has 19 heavy (non-hydrogen) atoms. The first-order valence-electron chi connectivity index (χ1n) is 5.13. The lowest BCUT2D eigenvalue weighted by Crippen LogP contribution is -2.22. The van der Waals surface area contributed by atoms with Crippen molar-refractivity contribution >= 4 is 22.9 Å². The zero-order chi connectivity index (χ0) is 14.0. The number of carbonyl (C=O) groups excluding carboxylic acids is 1. The van der Waals surface area contributed by atoms with Crippen LogP contribution in [0.15, 0.2) is 18.2 Å². The summed E-state index contributed by atoms with van der Waals surface area (Å²) >= 11 is 0. The van der Waals surface area contributed by atoms with Gasteiger partial charge in [-0.15, -0.1) is 13.2 Å². The number of alkyl halides is 3. The van der Waals surface area contributed by atoms with Crippen LogP contribution in [-0.2, 0) is 4.79 Å². The quantitative estimate of drug-likeness (QED) is 0.787. The van der Waals surface area contributed by atoms with E-state index >= 15 is 0 Å². The number of nitrogens with one attached hydrogen (secondary N) is 2. The van der Waals surface area contributed by atoms with E-state index in [9.17, 15) is 18.0 Å². The van der Waals surface area contributed by atoms with Crippen molar-refractivity contribution in [3.8, 4) is 5.75 Å². The summed E-state index contributed by atoms with van der Waals surface area (Å²) in [5, 5.41) is 2.36. The molecule has 0 bridgehead atoms. The molecular weight excluding hydrogens is 265 g/mol. The van der Waals surface area contributed by atoms with E-state index in [1.54, 1.807) is 0 Å². The molecule has 0 radical (unpaired) electrons. The number of imidazole rings is 1. The fraction of sp³-hybridized carbons (Fsp3) is 0.200. The fourth-order valence-electron chi connectivity index (χ4n) is 1.43. The van der Waals surface area contributed by atoms with Crippen molar-refractivity contribution in [3.05, 3.63) is 18.2 Å². The highest BCUT2D eigenvalue weighted by Crippen LogP contribution is 2.26. The Labute approximate surface area is 104 Å². The van der Waals surface area contributed by atoms with Crippen LogP contribution in [0.1, 0.15) is 0 Å². The topological polar surface area (TPSA) is 93.0 Å². The van der Waals surface area contributed by atoms with E-state index in [0.29, 0.717) is 11.0 Å². The lowest BCUT2D eigenvalue weighted by molar-refractivity contribution is -0.274. The molecule has 0 aliphatic heterocycles. The van der Waals surface area contributed by atoms with E-state index in [0.717, 1.165) is 12.1 Å². The van der Waals surface area contributed by atoms with Crippen molar-refractivity contribution in [1.82, 2.24) is 9.97 Å². The molecule has 2 rings (SSSR count). The Kier molecular flexibility index (Phi) is 3.30. The number of benzene rings is 1. The molecule has 102 valence electrons. The van der Waals surface area contributed by atoms with Crippen LogP contribution in [-0.4, -0.2) is 28.8 Å². The molecule has 0 fully saturated rings. The number of amides is 1. The number of nitrogens with zero attached hydrogens (tertiary/aromatic N) is 1. The molecule has 0 unspecified atom stereocenters. The molecule has 1 aromatic heterocycles. The van der Waals surface area contributed by atoms with Crippen LogP contribution >= 0.6 is 0 Å². The number of rotatable bonds is 3. The number of ether oxygens (including phenoxy) is 1. The predicted molar refractivity (Wildman–Crippen MR) is 60.5 cm³/mol. The zero-order valence-corrected chi connectivity index (χ0v) is 9.41. The highest BCUT2D eigenvalue weighted by Gasteiger charge is 2.31. The van der Waals surface area contributed by atoms with E-state index in [1.807, 2.05) is 0 Å². The number of aromatic nitrogens is 2. The van der Waals surface area contributed by atoms with Gasteiger partial charge in [-0.25, -0.2) is 4.98 Å². The summed E-state index contributed by atoms with van der Waals surface area (Å²) in [6.45, 7) is -0.223. The number of anilines is 1. The van der Waals surface area contributed by atoms with Gasteiger partial charge in [0.2, 0.25) is 11.9 Å². The second kappa shape index (κ2) is 4.76. The SMILES string of the molecule is NCC(=O)Nc1nc2ccc(OC(F)(F)F)cc2[nH]1. The Morgan fingerprint density at radius 1 is 1.47 bits per heavy atom. The predicted octanol–water partition coefficient (Wildman–Crippen LogP) is 1.36. The number of fused-ring (bicyclic) bond motifs is 1. The van der Waals surface area contributed by atoms with Gasteiger partial charge in [0.15, 0.2) is 0 Å². The minimum atomic E-state index is -4.76. The second-order valence-electron chi connectivity index (χ2n) is 3.56. The number of carbonyl (C=O) groups is 1. The van der Waals surface area contributed by atoms with Crippen molar-refractivity contribution in [2.75, 3.05) is 11.9 Å². The van der Waals surface area contributed by atoms with Crippen molar-refractivity contribution in [2.45, 2.75) is 6.36 Å². The Balaban J connectivity index is 2.26. The summed E-state index contributed by atoms with van der Waals surface area (Å²) in [7, 11) is 0. The Bertz CT molecular complexity index is 608. The monoisotopic (exact) mass is 274 g/mol. The number of H-pyrrole nitrogens is 1. The van der Waals surface area contributed by atoms with Gasteiger partial charge >= 0.3 is 6.36 Å². The maximum absolute atomic E-state index is 12.0. The molecule has 9 heteroatoms. The Morgan fingerprint density at radius 3 is 2.84 bits per heavy atom. The highest BCUT2D eigenvalue weighted by atomic mass is 19.4. The minimum absolute atomic E-state index is 0.106. The molecule has 0 saturated carbocycles.